The lowest BCUT2D eigenvalue weighted by Crippen LogP contribution is -2.37. The Morgan fingerprint density at radius 3 is 2.40 bits per heavy atom. The number of carboxylic acids is 1. The molecule has 0 heterocycles. The molecule has 5 heteroatoms. The van der Waals surface area contributed by atoms with Crippen LogP contribution >= 0.6 is 0 Å². The number of hydrogen-bond acceptors (Lipinski definition) is 2. The predicted octanol–water partition coefficient (Wildman–Crippen LogP) is 0.950. The summed E-state index contributed by atoms with van der Waals surface area (Å²) in [7, 11) is 0. The van der Waals surface area contributed by atoms with Crippen molar-refractivity contribution in [1.82, 2.24) is 10.6 Å². The van der Waals surface area contributed by atoms with Gasteiger partial charge in [0.15, 0.2) is 0 Å². The molecule has 0 unspecified atom stereocenters. The molecular formula is C10H18N2O3. The van der Waals surface area contributed by atoms with E-state index in [1.165, 1.54) is 19.3 Å². The summed E-state index contributed by atoms with van der Waals surface area (Å²) in [5.41, 5.74) is 0. The molecule has 0 aromatic heterocycles. The highest BCUT2D eigenvalue weighted by molar-refractivity contribution is 5.74. The summed E-state index contributed by atoms with van der Waals surface area (Å²) < 4.78 is 0. The van der Waals surface area contributed by atoms with Crippen molar-refractivity contribution in [1.29, 1.82) is 0 Å². The summed E-state index contributed by atoms with van der Waals surface area (Å²) in [6.07, 6.45) is 4.88. The fourth-order valence-electron chi connectivity index (χ4n) is 1.52. The zero-order valence-electron chi connectivity index (χ0n) is 8.79. The Morgan fingerprint density at radius 2 is 1.87 bits per heavy atom. The molecule has 3 N–H and O–H groups in total. The second-order valence-corrected chi connectivity index (χ2v) is 3.91. The van der Waals surface area contributed by atoms with Crippen LogP contribution in [0.2, 0.25) is 0 Å². The fraction of sp³-hybridized carbons (Fsp3) is 0.800. The van der Waals surface area contributed by atoms with Crippen molar-refractivity contribution >= 4 is 12.0 Å². The number of urea groups is 1. The van der Waals surface area contributed by atoms with Crippen LogP contribution in [-0.4, -0.2) is 30.2 Å². The quantitative estimate of drug-likeness (QED) is 0.616. The van der Waals surface area contributed by atoms with E-state index in [-0.39, 0.29) is 19.0 Å². The number of carbonyl (C=O) groups excluding carboxylic acids is 1. The Hall–Kier alpha value is -1.26. The fourth-order valence-corrected chi connectivity index (χ4v) is 1.52. The Kier molecular flexibility index (Phi) is 4.93. The Balaban J connectivity index is 1.90. The van der Waals surface area contributed by atoms with Gasteiger partial charge in [-0.1, -0.05) is 19.3 Å². The Morgan fingerprint density at radius 1 is 1.20 bits per heavy atom. The van der Waals surface area contributed by atoms with Crippen molar-refractivity contribution in [3.63, 3.8) is 0 Å². The van der Waals surface area contributed by atoms with Gasteiger partial charge in [-0.3, -0.25) is 4.79 Å². The molecule has 0 atom stereocenters. The van der Waals surface area contributed by atoms with E-state index in [9.17, 15) is 9.59 Å². The number of hydrogen-bond donors (Lipinski definition) is 3. The number of carbonyl (C=O) groups is 2. The minimum Gasteiger partial charge on any atom is -0.481 e. The van der Waals surface area contributed by atoms with Crippen LogP contribution in [0, 0.1) is 5.92 Å². The molecule has 0 aliphatic heterocycles. The van der Waals surface area contributed by atoms with E-state index < -0.39 is 5.97 Å². The maximum atomic E-state index is 11.1. The van der Waals surface area contributed by atoms with Crippen LogP contribution in [0.4, 0.5) is 4.79 Å². The number of nitrogens with one attached hydrogen (secondary N) is 2. The molecule has 0 saturated heterocycles. The molecule has 0 bridgehead atoms. The molecule has 5 nitrogen and oxygen atoms in total. The highest BCUT2D eigenvalue weighted by Crippen LogP contribution is 2.28. The first-order chi connectivity index (χ1) is 7.18. The first-order valence-electron chi connectivity index (χ1n) is 5.42. The van der Waals surface area contributed by atoms with E-state index in [0.717, 1.165) is 12.3 Å². The van der Waals surface area contributed by atoms with Crippen molar-refractivity contribution in [3.8, 4) is 0 Å². The molecule has 15 heavy (non-hydrogen) atoms. The van der Waals surface area contributed by atoms with Crippen LogP contribution in [0.25, 0.3) is 0 Å². The smallest absolute Gasteiger partial charge is 0.314 e. The predicted molar refractivity (Wildman–Crippen MR) is 55.6 cm³/mol. The van der Waals surface area contributed by atoms with Crippen molar-refractivity contribution in [2.24, 2.45) is 5.92 Å². The first-order valence-corrected chi connectivity index (χ1v) is 5.42. The van der Waals surface area contributed by atoms with E-state index in [4.69, 9.17) is 5.11 Å². The number of rotatable bonds is 6. The van der Waals surface area contributed by atoms with Crippen LogP contribution in [0.5, 0.6) is 0 Å². The van der Waals surface area contributed by atoms with E-state index in [1.807, 2.05) is 0 Å². The summed E-state index contributed by atoms with van der Waals surface area (Å²) in [6.45, 7) is 0.869. The number of amides is 2. The lowest BCUT2D eigenvalue weighted by atomic mass is 9.83. The summed E-state index contributed by atoms with van der Waals surface area (Å²) in [5, 5.41) is 13.5. The van der Waals surface area contributed by atoms with Crippen LogP contribution in [0.3, 0.4) is 0 Å². The van der Waals surface area contributed by atoms with Gasteiger partial charge in [0.1, 0.15) is 0 Å². The molecule has 86 valence electrons. The third-order valence-corrected chi connectivity index (χ3v) is 2.69. The largest absolute Gasteiger partial charge is 0.481 e. The molecule has 0 aromatic carbocycles. The van der Waals surface area contributed by atoms with Crippen LogP contribution in [0.1, 0.15) is 32.1 Å². The van der Waals surface area contributed by atoms with Gasteiger partial charge in [-0.15, -0.1) is 0 Å². The molecule has 1 rings (SSSR count). The van der Waals surface area contributed by atoms with E-state index in [2.05, 4.69) is 10.6 Å². The molecule has 1 aliphatic rings. The highest BCUT2D eigenvalue weighted by Gasteiger charge is 2.16. The molecule has 1 fully saturated rings. The van der Waals surface area contributed by atoms with Gasteiger partial charge in [0.25, 0.3) is 0 Å². The van der Waals surface area contributed by atoms with Crippen molar-refractivity contribution in [2.45, 2.75) is 32.1 Å². The minimum absolute atomic E-state index is 0.0317. The number of aliphatic carboxylic acids is 1. The molecule has 1 aliphatic carbocycles. The van der Waals surface area contributed by atoms with E-state index in [0.29, 0.717) is 6.54 Å². The zero-order valence-corrected chi connectivity index (χ0v) is 8.79. The molecule has 0 aromatic rings. The SMILES string of the molecule is O=C(O)CCNC(=O)NCCC1CCC1. The first kappa shape index (κ1) is 11.8. The summed E-state index contributed by atoms with van der Waals surface area (Å²) in [6, 6.07) is -0.268. The van der Waals surface area contributed by atoms with Gasteiger partial charge in [-0.05, 0) is 12.3 Å². The lowest BCUT2D eigenvalue weighted by Gasteiger charge is -2.25. The lowest BCUT2D eigenvalue weighted by molar-refractivity contribution is -0.136. The van der Waals surface area contributed by atoms with Gasteiger partial charge in [-0.25, -0.2) is 4.79 Å². The van der Waals surface area contributed by atoms with Gasteiger partial charge >= 0.3 is 12.0 Å². The van der Waals surface area contributed by atoms with Gasteiger partial charge in [-0.2, -0.15) is 0 Å². The topological polar surface area (TPSA) is 78.4 Å². The van der Waals surface area contributed by atoms with Gasteiger partial charge < -0.3 is 15.7 Å². The third kappa shape index (κ3) is 5.24. The second-order valence-electron chi connectivity index (χ2n) is 3.91. The van der Waals surface area contributed by atoms with Crippen molar-refractivity contribution in [3.05, 3.63) is 0 Å². The number of carboxylic acid groups (broad SMARTS) is 1. The molecular weight excluding hydrogens is 196 g/mol. The summed E-state index contributed by atoms with van der Waals surface area (Å²) >= 11 is 0. The maximum absolute atomic E-state index is 11.1. The second kappa shape index (κ2) is 6.27. The van der Waals surface area contributed by atoms with Crippen molar-refractivity contribution in [2.75, 3.05) is 13.1 Å². The highest BCUT2D eigenvalue weighted by atomic mass is 16.4. The van der Waals surface area contributed by atoms with Gasteiger partial charge in [0.05, 0.1) is 6.42 Å². The van der Waals surface area contributed by atoms with Gasteiger partial charge in [0.2, 0.25) is 0 Å². The zero-order chi connectivity index (χ0) is 11.1. The average molecular weight is 214 g/mol. The Labute approximate surface area is 89.2 Å². The van der Waals surface area contributed by atoms with E-state index in [1.54, 1.807) is 0 Å². The van der Waals surface area contributed by atoms with Crippen LogP contribution in [-0.2, 0) is 4.79 Å². The van der Waals surface area contributed by atoms with Crippen molar-refractivity contribution < 1.29 is 14.7 Å². The van der Waals surface area contributed by atoms with Crippen LogP contribution < -0.4 is 10.6 Å². The third-order valence-electron chi connectivity index (χ3n) is 2.69. The molecule has 0 spiro atoms. The standard InChI is InChI=1S/C10H18N2O3/c13-9(14)5-7-12-10(15)11-6-4-8-2-1-3-8/h8H,1-7H2,(H,13,14)(H2,11,12,15). The van der Waals surface area contributed by atoms with Crippen LogP contribution in [0.15, 0.2) is 0 Å². The molecule has 1 saturated carbocycles. The average Bonchev–Trinajstić information content (AvgIpc) is 2.08. The molecule has 2 amide bonds. The summed E-state index contributed by atoms with van der Waals surface area (Å²) in [4.78, 5) is 21.3. The Bertz CT molecular complexity index is 227. The van der Waals surface area contributed by atoms with E-state index >= 15 is 0 Å². The normalized spacial score (nSPS) is 15.5. The summed E-state index contributed by atoms with van der Waals surface area (Å²) in [5.74, 6) is -0.117. The molecule has 0 radical (unpaired) electrons. The maximum Gasteiger partial charge on any atom is 0.314 e. The van der Waals surface area contributed by atoms with Gasteiger partial charge in [0, 0.05) is 13.1 Å². The monoisotopic (exact) mass is 214 g/mol. The minimum atomic E-state index is -0.898.